The summed E-state index contributed by atoms with van der Waals surface area (Å²) in [6.07, 6.45) is -1.38. The van der Waals surface area contributed by atoms with Crippen molar-refractivity contribution in [3.05, 3.63) is 22.7 Å². The van der Waals surface area contributed by atoms with Crippen molar-refractivity contribution in [2.24, 2.45) is 5.41 Å². The van der Waals surface area contributed by atoms with Crippen LogP contribution in [-0.4, -0.2) is 12.4 Å². The van der Waals surface area contributed by atoms with Crippen molar-refractivity contribution in [2.75, 3.05) is 5.32 Å². The first-order chi connectivity index (χ1) is 9.15. The number of anilines is 1. The summed E-state index contributed by atoms with van der Waals surface area (Å²) in [6.45, 7) is 4.45. The van der Waals surface area contributed by atoms with Gasteiger partial charge in [0.05, 0.1) is 4.47 Å². The van der Waals surface area contributed by atoms with Crippen molar-refractivity contribution in [3.63, 3.8) is 0 Å². The molecular formula is C14H17BrF3NO. The first-order valence-electron chi connectivity index (χ1n) is 6.46. The third kappa shape index (κ3) is 4.30. The van der Waals surface area contributed by atoms with E-state index in [9.17, 15) is 13.2 Å². The van der Waals surface area contributed by atoms with Crippen molar-refractivity contribution >= 4 is 21.6 Å². The fourth-order valence-electron chi connectivity index (χ4n) is 2.59. The van der Waals surface area contributed by atoms with Gasteiger partial charge in [0.25, 0.3) is 0 Å². The molecule has 2 nitrogen and oxygen atoms in total. The Balaban J connectivity index is 2.03. The van der Waals surface area contributed by atoms with Crippen molar-refractivity contribution in [1.29, 1.82) is 0 Å². The number of ether oxygens (including phenoxy) is 1. The molecule has 112 valence electrons. The van der Waals surface area contributed by atoms with Crippen molar-refractivity contribution in [1.82, 2.24) is 0 Å². The molecule has 0 aromatic heterocycles. The van der Waals surface area contributed by atoms with Crippen LogP contribution in [0.5, 0.6) is 5.75 Å². The largest absolute Gasteiger partial charge is 0.573 e. The summed E-state index contributed by atoms with van der Waals surface area (Å²) in [5.74, 6) is -0.227. The summed E-state index contributed by atoms with van der Waals surface area (Å²) < 4.78 is 40.7. The molecule has 0 radical (unpaired) electrons. The number of halogens is 4. The highest BCUT2D eigenvalue weighted by Crippen LogP contribution is 2.39. The van der Waals surface area contributed by atoms with E-state index in [1.165, 1.54) is 6.07 Å². The molecule has 1 unspecified atom stereocenters. The van der Waals surface area contributed by atoms with Crippen LogP contribution in [0.4, 0.5) is 18.9 Å². The van der Waals surface area contributed by atoms with Gasteiger partial charge in [-0.25, -0.2) is 0 Å². The standard InChI is InChI=1S/C14H17BrF3NO/c1-13(2)6-5-10(8-13)19-9-3-4-12(11(15)7-9)20-14(16,17)18/h3-4,7,10,19H,5-6,8H2,1-2H3. The van der Waals surface area contributed by atoms with Crippen LogP contribution in [0.1, 0.15) is 33.1 Å². The van der Waals surface area contributed by atoms with Gasteiger partial charge in [-0.1, -0.05) is 13.8 Å². The Labute approximate surface area is 124 Å². The lowest BCUT2D eigenvalue weighted by Gasteiger charge is -2.19. The molecule has 0 amide bonds. The molecular weight excluding hydrogens is 335 g/mol. The maximum atomic E-state index is 12.2. The summed E-state index contributed by atoms with van der Waals surface area (Å²) in [5.41, 5.74) is 1.13. The average molecular weight is 352 g/mol. The minimum absolute atomic E-state index is 0.227. The van der Waals surface area contributed by atoms with E-state index in [0.29, 0.717) is 11.5 Å². The number of nitrogens with one attached hydrogen (secondary N) is 1. The van der Waals surface area contributed by atoms with E-state index in [2.05, 4.69) is 39.8 Å². The molecule has 1 aliphatic carbocycles. The van der Waals surface area contributed by atoms with Gasteiger partial charge in [0.2, 0.25) is 0 Å². The lowest BCUT2D eigenvalue weighted by molar-refractivity contribution is -0.274. The summed E-state index contributed by atoms with van der Waals surface area (Å²) in [4.78, 5) is 0. The number of hydrogen-bond acceptors (Lipinski definition) is 2. The summed E-state index contributed by atoms with van der Waals surface area (Å²) >= 11 is 3.11. The maximum Gasteiger partial charge on any atom is 0.573 e. The van der Waals surface area contributed by atoms with Gasteiger partial charge >= 0.3 is 6.36 Å². The molecule has 6 heteroatoms. The highest BCUT2D eigenvalue weighted by Gasteiger charge is 2.32. The minimum atomic E-state index is -4.67. The Kier molecular flexibility index (Phi) is 4.23. The van der Waals surface area contributed by atoms with Gasteiger partial charge in [-0.2, -0.15) is 0 Å². The third-order valence-electron chi connectivity index (χ3n) is 3.50. The van der Waals surface area contributed by atoms with Crippen LogP contribution in [0.2, 0.25) is 0 Å². The lowest BCUT2D eigenvalue weighted by Crippen LogP contribution is -2.18. The second-order valence-corrected chi connectivity index (χ2v) is 6.80. The highest BCUT2D eigenvalue weighted by molar-refractivity contribution is 9.10. The number of alkyl halides is 3. The number of benzene rings is 1. The van der Waals surface area contributed by atoms with Crippen LogP contribution >= 0.6 is 15.9 Å². The number of rotatable bonds is 3. The van der Waals surface area contributed by atoms with E-state index in [4.69, 9.17) is 0 Å². The molecule has 1 atom stereocenters. The average Bonchev–Trinajstić information content (AvgIpc) is 2.60. The molecule has 0 aliphatic heterocycles. The van der Waals surface area contributed by atoms with E-state index in [1.54, 1.807) is 12.1 Å². The zero-order valence-electron chi connectivity index (χ0n) is 11.4. The van der Waals surface area contributed by atoms with Crippen molar-refractivity contribution in [2.45, 2.75) is 45.5 Å². The molecule has 0 heterocycles. The van der Waals surface area contributed by atoms with Gasteiger partial charge in [-0.15, -0.1) is 13.2 Å². The van der Waals surface area contributed by atoms with Crippen LogP contribution in [0.15, 0.2) is 22.7 Å². The molecule has 20 heavy (non-hydrogen) atoms. The first-order valence-corrected chi connectivity index (χ1v) is 7.26. The van der Waals surface area contributed by atoms with Gasteiger partial charge in [-0.3, -0.25) is 0 Å². The second-order valence-electron chi connectivity index (χ2n) is 5.94. The first kappa shape index (κ1) is 15.5. The van der Waals surface area contributed by atoms with Crippen molar-refractivity contribution < 1.29 is 17.9 Å². The Bertz CT molecular complexity index is 488. The monoisotopic (exact) mass is 351 g/mol. The summed E-state index contributed by atoms with van der Waals surface area (Å²) in [5, 5.41) is 3.36. The predicted molar refractivity (Wildman–Crippen MR) is 75.9 cm³/mol. The van der Waals surface area contributed by atoms with E-state index in [-0.39, 0.29) is 10.2 Å². The maximum absolute atomic E-state index is 12.2. The molecule has 0 spiro atoms. The summed E-state index contributed by atoms with van der Waals surface area (Å²) in [7, 11) is 0. The molecule has 0 bridgehead atoms. The molecule has 1 aromatic carbocycles. The molecule has 1 aromatic rings. The highest BCUT2D eigenvalue weighted by atomic mass is 79.9. The van der Waals surface area contributed by atoms with Crippen LogP contribution in [0.3, 0.4) is 0 Å². The van der Waals surface area contributed by atoms with Gasteiger partial charge in [0.15, 0.2) is 0 Å². The molecule has 1 saturated carbocycles. The Hall–Kier alpha value is -0.910. The van der Waals surface area contributed by atoms with Crippen LogP contribution in [-0.2, 0) is 0 Å². The molecule has 2 rings (SSSR count). The quantitative estimate of drug-likeness (QED) is 0.793. The van der Waals surface area contributed by atoms with Gasteiger partial charge in [0.1, 0.15) is 5.75 Å². The Morgan fingerprint density at radius 2 is 2.05 bits per heavy atom. The lowest BCUT2D eigenvalue weighted by atomic mass is 9.92. The fraction of sp³-hybridized carbons (Fsp3) is 0.571. The van der Waals surface area contributed by atoms with Crippen LogP contribution in [0, 0.1) is 5.41 Å². The normalized spacial score (nSPS) is 21.8. The van der Waals surface area contributed by atoms with E-state index in [1.807, 2.05) is 0 Å². The smallest absolute Gasteiger partial charge is 0.405 e. The Morgan fingerprint density at radius 3 is 2.55 bits per heavy atom. The molecule has 1 fully saturated rings. The van der Waals surface area contributed by atoms with Gasteiger partial charge in [-0.05, 0) is 58.8 Å². The summed E-state index contributed by atoms with van der Waals surface area (Å²) in [6, 6.07) is 4.91. The zero-order chi connectivity index (χ0) is 15.0. The molecule has 1 N–H and O–H groups in total. The Morgan fingerprint density at radius 1 is 1.35 bits per heavy atom. The van der Waals surface area contributed by atoms with Crippen molar-refractivity contribution in [3.8, 4) is 5.75 Å². The molecule has 1 aliphatic rings. The van der Waals surface area contributed by atoms with E-state index < -0.39 is 6.36 Å². The molecule has 0 saturated heterocycles. The topological polar surface area (TPSA) is 21.3 Å². The fourth-order valence-corrected chi connectivity index (χ4v) is 3.05. The predicted octanol–water partition coefficient (Wildman–Crippen LogP) is 5.34. The SMILES string of the molecule is CC1(C)CCC(Nc2ccc(OC(F)(F)F)c(Br)c2)C1. The third-order valence-corrected chi connectivity index (χ3v) is 4.12. The zero-order valence-corrected chi connectivity index (χ0v) is 12.9. The van der Waals surface area contributed by atoms with E-state index in [0.717, 1.165) is 24.9 Å². The number of hydrogen-bond donors (Lipinski definition) is 1. The van der Waals surface area contributed by atoms with E-state index >= 15 is 0 Å². The van der Waals surface area contributed by atoms with Gasteiger partial charge in [0, 0.05) is 11.7 Å². The van der Waals surface area contributed by atoms with Crippen LogP contribution < -0.4 is 10.1 Å². The minimum Gasteiger partial charge on any atom is -0.405 e. The second kappa shape index (κ2) is 5.47. The van der Waals surface area contributed by atoms with Crippen LogP contribution in [0.25, 0.3) is 0 Å². The van der Waals surface area contributed by atoms with Gasteiger partial charge < -0.3 is 10.1 Å².